The first-order valence-electron chi connectivity index (χ1n) is 45.2. The van der Waals surface area contributed by atoms with Gasteiger partial charge in [-0.1, -0.05) is 121 Å². The summed E-state index contributed by atoms with van der Waals surface area (Å²) in [5, 5.41) is 49.1. The molecule has 39 heteroatoms. The molecule has 32 nitrogen and oxygen atoms in total. The predicted octanol–water partition coefficient (Wildman–Crippen LogP) is 16.9. The van der Waals surface area contributed by atoms with Crippen molar-refractivity contribution >= 4 is 82.7 Å². The first-order chi connectivity index (χ1) is 67.3. The molecule has 4 atom stereocenters. The van der Waals surface area contributed by atoms with Crippen LogP contribution in [0.5, 0.6) is 0 Å². The average molecular weight is 1970 g/mol. The zero-order chi connectivity index (χ0) is 101. The number of nitrogen functional groups attached to an aromatic ring is 3. The number of aromatic amines is 3. The highest BCUT2D eigenvalue weighted by Gasteiger charge is 2.39. The number of anilines is 4. The zero-order valence-corrected chi connectivity index (χ0v) is 78.2. The van der Waals surface area contributed by atoms with Crippen molar-refractivity contribution in [1.29, 1.82) is 0 Å². The van der Waals surface area contributed by atoms with Crippen LogP contribution < -0.4 is 27.8 Å². The number of H-pyrrole nitrogens is 3. The molecular formula is C102H120ClF6N19O13. The Kier molecular flexibility index (Phi) is 41.7. The lowest BCUT2D eigenvalue weighted by Gasteiger charge is -2.32. The Hall–Kier alpha value is -15.6. The number of benzene rings is 6. The second-order valence-electron chi connectivity index (χ2n) is 32.2. The molecule has 0 fully saturated rings. The number of fused-ring (bicyclic) bond motifs is 4. The van der Waals surface area contributed by atoms with Crippen molar-refractivity contribution in [2.45, 2.75) is 139 Å². The molecule has 4 unspecified atom stereocenters. The highest BCUT2D eigenvalue weighted by molar-refractivity contribution is 6.05. The third-order valence-corrected chi connectivity index (χ3v) is 22.3. The Labute approximate surface area is 821 Å². The fourth-order valence-electron chi connectivity index (χ4n) is 16.4. The molecule has 11 heterocycles. The Morgan fingerprint density at radius 1 is 0.454 bits per heavy atom. The van der Waals surface area contributed by atoms with Gasteiger partial charge in [0.25, 0.3) is 23.6 Å². The fourth-order valence-corrected chi connectivity index (χ4v) is 16.4. The second kappa shape index (κ2) is 54.0. The molecule has 0 bridgehead atoms. The van der Waals surface area contributed by atoms with Crippen LogP contribution in [-0.2, 0) is 66.6 Å². The summed E-state index contributed by atoms with van der Waals surface area (Å²) in [4.78, 5) is 112. The van der Waals surface area contributed by atoms with Gasteiger partial charge >= 0.3 is 23.9 Å². The Morgan fingerprint density at radius 2 is 0.780 bits per heavy atom. The van der Waals surface area contributed by atoms with Gasteiger partial charge in [-0.25, -0.2) is 36.7 Å². The van der Waals surface area contributed by atoms with Gasteiger partial charge in [-0.2, -0.15) is 20.4 Å². The minimum Gasteiger partial charge on any atom is -0.478 e. The molecule has 6 aromatic carbocycles. The van der Waals surface area contributed by atoms with Gasteiger partial charge in [-0.15, -0.1) is 12.4 Å². The molecule has 0 radical (unpaired) electrons. The third-order valence-electron chi connectivity index (χ3n) is 22.3. The molecule has 14 N–H and O–H groups in total. The first-order valence-corrected chi connectivity index (χ1v) is 43.8. The minimum absolute atomic E-state index is 0. The Bertz CT molecular complexity index is 6380. The van der Waals surface area contributed by atoms with Crippen LogP contribution in [0.2, 0.25) is 0 Å². The van der Waals surface area contributed by atoms with Crippen molar-refractivity contribution in [2.75, 3.05) is 83.3 Å². The van der Waals surface area contributed by atoms with Gasteiger partial charge in [0.05, 0.1) is 76.1 Å². The summed E-state index contributed by atoms with van der Waals surface area (Å²) in [7, 11) is -1.00. The summed E-state index contributed by atoms with van der Waals surface area (Å²) >= 11 is 0. The molecule has 0 spiro atoms. The molecule has 5 aliphatic rings. The number of amides is 4. The van der Waals surface area contributed by atoms with Crippen molar-refractivity contribution in [3.63, 3.8) is 0 Å². The lowest BCUT2D eigenvalue weighted by atomic mass is 9.95. The quantitative estimate of drug-likeness (QED) is 0.0203. The minimum atomic E-state index is -1.13. The second-order valence-corrected chi connectivity index (χ2v) is 32.2. The van der Waals surface area contributed by atoms with Crippen molar-refractivity contribution in [3.8, 4) is 0 Å². The summed E-state index contributed by atoms with van der Waals surface area (Å²) in [6.07, 6.45) is 10.9. The number of carboxylic acids is 2. The number of ether oxygens (including phenoxy) is 2. The van der Waals surface area contributed by atoms with Crippen molar-refractivity contribution in [2.24, 2.45) is 0 Å². The maximum Gasteiger partial charge on any atom is 0.359 e. The van der Waals surface area contributed by atoms with E-state index in [2.05, 4.69) is 52.9 Å². The fraction of sp³-hybridized carbons (Fsp3) is 0.294. The highest BCUT2D eigenvalue weighted by atomic mass is 35.5. The molecule has 18 rings (SSSR count). The molecular weight excluding hydrogens is 1850 g/mol. The van der Waals surface area contributed by atoms with Crippen LogP contribution in [0.25, 0.3) is 0 Å². The van der Waals surface area contributed by atoms with E-state index in [1.165, 1.54) is 48.5 Å². The first kappa shape index (κ1) is 109. The van der Waals surface area contributed by atoms with Crippen molar-refractivity contribution in [1.82, 2.24) is 74.1 Å². The highest BCUT2D eigenvalue weighted by Crippen LogP contribution is 2.37. The number of allylic oxidation sites excluding steroid dienone is 3. The number of aliphatic carboxylic acids is 1. The van der Waals surface area contributed by atoms with Crippen LogP contribution in [0.4, 0.5) is 49.1 Å². The van der Waals surface area contributed by atoms with Gasteiger partial charge < -0.3 is 82.3 Å². The van der Waals surface area contributed by atoms with Gasteiger partial charge in [0.15, 0.2) is 22.8 Å². The smallest absolute Gasteiger partial charge is 0.359 e. The number of rotatable bonds is 19. The Morgan fingerprint density at radius 3 is 1.09 bits per heavy atom. The molecule has 13 aromatic rings. The zero-order valence-electron chi connectivity index (χ0n) is 79.4. The molecule has 4 aliphatic heterocycles. The number of hydrogen-bond donors (Lipinski definition) is 11. The number of carbonyl (C=O) groups is 8. The standard InChI is InChI=1S/C26H25FN6O2.C22H23FN4O3.C20H19FN4O3.C17H20FN3O2.C6H8N2.C6H6O2.2CH3F.CH4O.2CH4.ClH/c1-16-13-32(26(35)22-6-3-11-29-22)15-21-23(25(34)30-20-5-2-4-19(28)12-20)31-33(24(16)21)14-17-7-9-18(27)10-8-17;1-3-30-22(29)19-17-13-26(21(28)18-5-4-10-24-18)11-14(2)20(17)27(25-19)12-15-6-8-16(23)9-7-15;1-12-9-24(19(26)16-3-2-8-22-16)11-15-17(20(27)28)23-25(18(12)15)10-13-4-6-14(21)7-5-13;1-3-23-17(22)15-14-9-19-8-11(2)16(14)21(20-15)10-12-4-6-13(18)7-5-12;7-5-2-1-3-6(8)4-5;7-6(8)5-3-1-2-4-5;3*1-2;;;/h2-12,16,29H,13-15,28H2,1H3,(H,30,34);4-10,14,24H,3,11-13H2,1-2H3;2-8,12,22H,9-11H2,1H3,(H,27,28);4-7,11,19H,3,8-10H2,1-2H3;1-4H,7-8H2;1-3H,4H2,(H,7,8);2*1H3;2H,1H3;2*1H4;1H/i;;;;;;2*1D;;;;. The number of nitrogens with zero attached hydrogens (tertiary/aromatic N) is 11. The topological polar surface area (TPSA) is 446 Å². The number of nitrogens with one attached hydrogen (secondary N) is 5. The van der Waals surface area contributed by atoms with E-state index >= 15 is 0 Å². The SMILES string of the molecule is C.C.CC1CN(C(=O)c2ccc[nH]2)Cc2c(C(=O)Nc3cccc(N)c3)nn(Cc3ccc(F)cc3)c21.CC1CN(C(=O)c2ccc[nH]2)Cc2c(C(=O)O)nn(Cc3ccc(F)cc3)c21.CCOC(=O)c1nn(Cc2ccc(F)cc2)c2c1CN(C(=O)c1ccc[nH]1)CC2C.CCOC(=O)c1nn(Cc2ccc(F)cc2)c2c1CNCC2C.CO.Cl.Nc1cccc(N)c1.O=C(O)C1=CC=CC1.[2H]CF.[2H]CF. The number of esters is 2. The van der Waals surface area contributed by atoms with E-state index in [9.17, 15) is 69.8 Å². The summed E-state index contributed by atoms with van der Waals surface area (Å²) in [5.74, 6) is -4.83. The number of aliphatic hydroxyl groups excluding tert-OH is 1. The molecule has 141 heavy (non-hydrogen) atoms. The van der Waals surface area contributed by atoms with Crippen LogP contribution in [0, 0.1) is 23.3 Å². The normalized spacial score (nSPS) is 14.8. The number of carbonyl (C=O) groups excluding carboxylic acids is 6. The Balaban J connectivity index is 0.000000239. The average Bonchev–Trinajstić information content (AvgIpc) is 1.65. The third kappa shape index (κ3) is 29.3. The van der Waals surface area contributed by atoms with Gasteiger partial charge in [-0.05, 0) is 164 Å². The van der Waals surface area contributed by atoms with Crippen LogP contribution >= 0.6 is 12.4 Å². The number of hydrogen-bond acceptors (Lipinski definition) is 19. The van der Waals surface area contributed by atoms with E-state index in [0.29, 0.717) is 133 Å². The maximum absolute atomic E-state index is 13.4. The number of carboxylic acid groups (broad SMARTS) is 2. The number of halogens is 7. The van der Waals surface area contributed by atoms with Crippen molar-refractivity contribution in [3.05, 3.63) is 355 Å². The molecule has 4 amide bonds. The number of nitrogens with two attached hydrogens (primary N) is 3. The van der Waals surface area contributed by atoms with Gasteiger partial charge in [0.2, 0.25) is 0 Å². The largest absolute Gasteiger partial charge is 0.478 e. The van der Waals surface area contributed by atoms with E-state index in [-0.39, 0.29) is 141 Å². The predicted molar refractivity (Wildman–Crippen MR) is 528 cm³/mol. The summed E-state index contributed by atoms with van der Waals surface area (Å²) in [6.45, 7) is 17.4. The van der Waals surface area contributed by atoms with Crippen molar-refractivity contribution < 1.29 is 92.2 Å². The van der Waals surface area contributed by atoms with E-state index in [4.69, 9.17) is 39.6 Å². The summed E-state index contributed by atoms with van der Waals surface area (Å²) in [6, 6.07) is 49.3. The number of aliphatic hydroxyl groups is 1. The van der Waals surface area contributed by atoms with E-state index in [1.807, 2.05) is 37.6 Å². The van der Waals surface area contributed by atoms with Gasteiger partial charge in [0.1, 0.15) is 40.4 Å². The van der Waals surface area contributed by atoms with E-state index in [0.717, 1.165) is 64.2 Å². The van der Waals surface area contributed by atoms with Gasteiger partial charge in [-0.3, -0.25) is 46.7 Å². The maximum atomic E-state index is 13.4. The summed E-state index contributed by atoms with van der Waals surface area (Å²) in [5.41, 5.74) is 31.9. The number of aromatic carboxylic acids is 1. The molecule has 7 aromatic heterocycles. The lowest BCUT2D eigenvalue weighted by molar-refractivity contribution is -0.132. The lowest BCUT2D eigenvalue weighted by Crippen LogP contribution is -2.38. The molecule has 1 aliphatic carbocycles. The van der Waals surface area contributed by atoms with Crippen LogP contribution in [0.3, 0.4) is 0 Å². The van der Waals surface area contributed by atoms with E-state index in [1.54, 1.807) is 201 Å². The van der Waals surface area contributed by atoms with Gasteiger partial charge in [0, 0.05) is 155 Å². The van der Waals surface area contributed by atoms with Crippen LogP contribution in [0.1, 0.15) is 230 Å². The number of alkyl halides is 2. The molecule has 0 saturated heterocycles. The molecule has 750 valence electrons. The number of aromatic nitrogens is 11. The summed E-state index contributed by atoms with van der Waals surface area (Å²) < 4.78 is 101. The molecule has 0 saturated carbocycles. The van der Waals surface area contributed by atoms with E-state index < -0.39 is 38.2 Å². The van der Waals surface area contributed by atoms with Crippen LogP contribution in [0.15, 0.2) is 224 Å². The van der Waals surface area contributed by atoms with Crippen LogP contribution in [-0.4, -0.2) is 192 Å². The monoisotopic (exact) mass is 1970 g/mol.